The van der Waals surface area contributed by atoms with Gasteiger partial charge in [0.15, 0.2) is 0 Å². The molecule has 0 spiro atoms. The molecule has 0 aliphatic carbocycles. The summed E-state index contributed by atoms with van der Waals surface area (Å²) in [6.45, 7) is 5.19. The number of carbonyl (C=O) groups is 1. The van der Waals surface area contributed by atoms with Crippen molar-refractivity contribution in [3.05, 3.63) is 81.5 Å². The molecule has 0 bridgehead atoms. The SMILES string of the molecule is CCOCc1ccccc1CNC(=O)c1sccc1S(=O)(=O)Nc1ccc(C)cc1. The molecule has 0 saturated carbocycles. The van der Waals surface area contributed by atoms with E-state index in [9.17, 15) is 13.2 Å². The zero-order valence-electron chi connectivity index (χ0n) is 16.8. The first-order valence-electron chi connectivity index (χ1n) is 9.50. The third kappa shape index (κ3) is 5.47. The summed E-state index contributed by atoms with van der Waals surface area (Å²) in [7, 11) is -3.88. The van der Waals surface area contributed by atoms with Crippen molar-refractivity contribution in [1.82, 2.24) is 5.32 Å². The summed E-state index contributed by atoms with van der Waals surface area (Å²) in [4.78, 5) is 12.9. The Balaban J connectivity index is 1.73. The van der Waals surface area contributed by atoms with Gasteiger partial charge in [0, 0.05) is 18.8 Å². The van der Waals surface area contributed by atoms with Gasteiger partial charge in [0.1, 0.15) is 9.77 Å². The zero-order chi connectivity index (χ0) is 21.6. The standard InChI is InChI=1S/C22H24N2O4S2/c1-3-28-15-18-7-5-4-6-17(18)14-23-22(25)21-20(12-13-29-21)30(26,27)24-19-10-8-16(2)9-11-19/h4-13,24H,3,14-15H2,1-2H3,(H,23,25). The minimum Gasteiger partial charge on any atom is -0.377 e. The van der Waals surface area contributed by atoms with Crippen molar-refractivity contribution in [3.8, 4) is 0 Å². The van der Waals surface area contributed by atoms with Crippen molar-refractivity contribution in [2.75, 3.05) is 11.3 Å². The molecule has 0 saturated heterocycles. The molecule has 3 rings (SSSR count). The second kappa shape index (κ2) is 9.88. The van der Waals surface area contributed by atoms with Crippen LogP contribution < -0.4 is 10.0 Å². The van der Waals surface area contributed by atoms with E-state index in [1.807, 2.05) is 50.2 Å². The normalized spacial score (nSPS) is 11.3. The van der Waals surface area contributed by atoms with Crippen LogP contribution in [0.1, 0.15) is 33.3 Å². The van der Waals surface area contributed by atoms with Crippen LogP contribution in [0, 0.1) is 6.92 Å². The first kappa shape index (κ1) is 22.0. The number of anilines is 1. The molecule has 8 heteroatoms. The Morgan fingerprint density at radius 3 is 2.43 bits per heavy atom. The van der Waals surface area contributed by atoms with Gasteiger partial charge in [-0.1, -0.05) is 42.0 Å². The van der Waals surface area contributed by atoms with Crippen LogP contribution in [-0.4, -0.2) is 20.9 Å². The summed E-state index contributed by atoms with van der Waals surface area (Å²) in [5.41, 5.74) is 3.39. The minimum atomic E-state index is -3.88. The summed E-state index contributed by atoms with van der Waals surface area (Å²) in [6.07, 6.45) is 0. The number of thiophene rings is 1. The third-order valence-corrected chi connectivity index (χ3v) is 6.91. The van der Waals surface area contributed by atoms with Crippen molar-refractivity contribution in [1.29, 1.82) is 0 Å². The number of nitrogens with one attached hydrogen (secondary N) is 2. The van der Waals surface area contributed by atoms with Crippen LogP contribution in [0.3, 0.4) is 0 Å². The highest BCUT2D eigenvalue weighted by Crippen LogP contribution is 2.25. The average Bonchev–Trinajstić information content (AvgIpc) is 3.24. The van der Waals surface area contributed by atoms with E-state index in [0.717, 1.165) is 28.0 Å². The van der Waals surface area contributed by atoms with E-state index in [2.05, 4.69) is 10.0 Å². The molecule has 0 aliphatic rings. The Labute approximate surface area is 181 Å². The average molecular weight is 445 g/mol. The van der Waals surface area contributed by atoms with Crippen molar-refractivity contribution in [3.63, 3.8) is 0 Å². The van der Waals surface area contributed by atoms with Gasteiger partial charge in [0.05, 0.1) is 6.61 Å². The van der Waals surface area contributed by atoms with Crippen molar-refractivity contribution >= 4 is 33.0 Å². The summed E-state index contributed by atoms with van der Waals surface area (Å²) in [6, 6.07) is 16.1. The molecule has 0 fully saturated rings. The van der Waals surface area contributed by atoms with Gasteiger partial charge >= 0.3 is 0 Å². The van der Waals surface area contributed by atoms with E-state index in [0.29, 0.717) is 18.9 Å². The fraction of sp³-hybridized carbons (Fsp3) is 0.227. The van der Waals surface area contributed by atoms with E-state index < -0.39 is 15.9 Å². The molecule has 2 N–H and O–H groups in total. The van der Waals surface area contributed by atoms with E-state index in [1.165, 1.54) is 6.07 Å². The van der Waals surface area contributed by atoms with Gasteiger partial charge in [-0.3, -0.25) is 9.52 Å². The van der Waals surface area contributed by atoms with Crippen LogP contribution in [0.15, 0.2) is 64.9 Å². The van der Waals surface area contributed by atoms with Gasteiger partial charge in [-0.2, -0.15) is 0 Å². The fourth-order valence-corrected chi connectivity index (χ4v) is 5.25. The number of carbonyl (C=O) groups excluding carboxylic acids is 1. The molecule has 1 amide bonds. The predicted molar refractivity (Wildman–Crippen MR) is 119 cm³/mol. The number of hydrogen-bond acceptors (Lipinski definition) is 5. The monoisotopic (exact) mass is 444 g/mol. The summed E-state index contributed by atoms with van der Waals surface area (Å²) in [5, 5.41) is 4.42. The summed E-state index contributed by atoms with van der Waals surface area (Å²) >= 11 is 1.09. The van der Waals surface area contributed by atoms with Crippen LogP contribution in [0.4, 0.5) is 5.69 Å². The number of ether oxygens (including phenoxy) is 1. The molecule has 2 aromatic carbocycles. The van der Waals surface area contributed by atoms with E-state index in [4.69, 9.17) is 4.74 Å². The maximum Gasteiger partial charge on any atom is 0.263 e. The maximum absolute atomic E-state index is 12.8. The highest BCUT2D eigenvalue weighted by molar-refractivity contribution is 7.93. The smallest absolute Gasteiger partial charge is 0.263 e. The quantitative estimate of drug-likeness (QED) is 0.515. The van der Waals surface area contributed by atoms with Crippen LogP contribution in [0.25, 0.3) is 0 Å². The molecule has 6 nitrogen and oxygen atoms in total. The molecule has 158 valence electrons. The van der Waals surface area contributed by atoms with Crippen molar-refractivity contribution < 1.29 is 17.9 Å². The largest absolute Gasteiger partial charge is 0.377 e. The molecular weight excluding hydrogens is 420 g/mol. The number of sulfonamides is 1. The van der Waals surface area contributed by atoms with Gasteiger partial charge in [-0.25, -0.2) is 8.42 Å². The molecule has 30 heavy (non-hydrogen) atoms. The van der Waals surface area contributed by atoms with Crippen LogP contribution >= 0.6 is 11.3 Å². The van der Waals surface area contributed by atoms with Crippen molar-refractivity contribution in [2.24, 2.45) is 0 Å². The molecule has 1 heterocycles. The predicted octanol–water partition coefficient (Wildman–Crippen LogP) is 4.32. The summed E-state index contributed by atoms with van der Waals surface area (Å²) in [5.74, 6) is -0.430. The topological polar surface area (TPSA) is 84.5 Å². The fourth-order valence-electron chi connectivity index (χ4n) is 2.84. The number of hydrogen-bond donors (Lipinski definition) is 2. The number of amides is 1. The minimum absolute atomic E-state index is 0.0341. The molecule has 0 aliphatic heterocycles. The Kier molecular flexibility index (Phi) is 7.25. The molecule has 1 aromatic heterocycles. The third-order valence-electron chi connectivity index (χ3n) is 4.45. The molecule has 3 aromatic rings. The second-order valence-electron chi connectivity index (χ2n) is 6.67. The lowest BCUT2D eigenvalue weighted by atomic mass is 10.1. The van der Waals surface area contributed by atoms with E-state index in [1.54, 1.807) is 17.5 Å². The summed E-state index contributed by atoms with van der Waals surface area (Å²) < 4.78 is 33.6. The van der Waals surface area contributed by atoms with E-state index in [-0.39, 0.29) is 16.3 Å². The van der Waals surface area contributed by atoms with Crippen LogP contribution in [-0.2, 0) is 27.9 Å². The Hall–Kier alpha value is -2.68. The van der Waals surface area contributed by atoms with Gasteiger partial charge in [0.25, 0.3) is 15.9 Å². The number of rotatable bonds is 9. The Morgan fingerprint density at radius 2 is 1.73 bits per heavy atom. The number of aryl methyl sites for hydroxylation is 1. The first-order valence-corrected chi connectivity index (χ1v) is 11.9. The van der Waals surface area contributed by atoms with Gasteiger partial charge in [0.2, 0.25) is 0 Å². The van der Waals surface area contributed by atoms with E-state index >= 15 is 0 Å². The van der Waals surface area contributed by atoms with Crippen LogP contribution in [0.5, 0.6) is 0 Å². The van der Waals surface area contributed by atoms with Crippen molar-refractivity contribution in [2.45, 2.75) is 31.9 Å². The molecule has 0 atom stereocenters. The Bertz CT molecular complexity index is 1110. The van der Waals surface area contributed by atoms with Gasteiger partial charge < -0.3 is 10.1 Å². The lowest BCUT2D eigenvalue weighted by Gasteiger charge is -2.12. The van der Waals surface area contributed by atoms with Crippen LogP contribution in [0.2, 0.25) is 0 Å². The zero-order valence-corrected chi connectivity index (χ0v) is 18.5. The molecular formula is C22H24N2O4S2. The van der Waals surface area contributed by atoms with Gasteiger partial charge in [-0.15, -0.1) is 11.3 Å². The number of benzene rings is 2. The first-order chi connectivity index (χ1) is 14.4. The maximum atomic E-state index is 12.8. The highest BCUT2D eigenvalue weighted by atomic mass is 32.2. The molecule has 0 unspecified atom stereocenters. The molecule has 0 radical (unpaired) electrons. The van der Waals surface area contributed by atoms with Gasteiger partial charge in [-0.05, 0) is 48.6 Å². The highest BCUT2D eigenvalue weighted by Gasteiger charge is 2.24. The lowest BCUT2D eigenvalue weighted by Crippen LogP contribution is -2.25. The lowest BCUT2D eigenvalue weighted by molar-refractivity contribution is 0.0951. The second-order valence-corrected chi connectivity index (χ2v) is 9.24. The Morgan fingerprint density at radius 1 is 1.03 bits per heavy atom.